The molecule has 0 bridgehead atoms. The first kappa shape index (κ1) is 68.3. The second-order valence-corrected chi connectivity index (χ2v) is 22.5. The summed E-state index contributed by atoms with van der Waals surface area (Å²) in [6.45, 7) is 14.0. The van der Waals surface area contributed by atoms with Gasteiger partial charge in [0.2, 0.25) is 41.4 Å². The third-order valence-electron chi connectivity index (χ3n) is 14.8. The lowest BCUT2D eigenvalue weighted by atomic mass is 9.95. The number of nitrogens with two attached hydrogens (primary N) is 1. The first-order valence-electron chi connectivity index (χ1n) is 28.1. The highest BCUT2D eigenvalue weighted by atomic mass is 16.5. The van der Waals surface area contributed by atoms with Crippen molar-refractivity contribution in [3.8, 4) is 0 Å². The number of primary amides is 1. The van der Waals surface area contributed by atoms with Gasteiger partial charge in [0, 0.05) is 33.5 Å². The van der Waals surface area contributed by atoms with Crippen LogP contribution in [0.1, 0.15) is 118 Å². The van der Waals surface area contributed by atoms with Crippen LogP contribution in [0.25, 0.3) is 0 Å². The number of likely N-dealkylation sites (tertiary alicyclic amines) is 1. The third kappa shape index (κ3) is 21.2. The number of nitrogens with zero attached hydrogens (tertiary/aromatic N) is 4. The molecule has 1 saturated heterocycles. The maximum atomic E-state index is 14.4. The van der Waals surface area contributed by atoms with Crippen molar-refractivity contribution in [2.45, 2.75) is 180 Å². The van der Waals surface area contributed by atoms with Gasteiger partial charge in [0.25, 0.3) is 5.91 Å². The summed E-state index contributed by atoms with van der Waals surface area (Å²) in [6.07, 6.45) is -1.87. The van der Waals surface area contributed by atoms with Gasteiger partial charge in [-0.25, -0.2) is 4.79 Å². The van der Waals surface area contributed by atoms with Crippen molar-refractivity contribution in [1.82, 2.24) is 40.9 Å². The minimum Gasteiger partial charge on any atom is -0.467 e. The quantitative estimate of drug-likeness (QED) is 0.0574. The van der Waals surface area contributed by atoms with Crippen molar-refractivity contribution < 1.29 is 62.5 Å². The van der Waals surface area contributed by atoms with E-state index in [-0.39, 0.29) is 43.9 Å². The summed E-state index contributed by atoms with van der Waals surface area (Å²) in [5.74, 6) is -7.45. The number of carbonyl (C=O) groups is 10. The van der Waals surface area contributed by atoms with E-state index in [0.29, 0.717) is 32.2 Å². The first-order valence-corrected chi connectivity index (χ1v) is 28.1. The summed E-state index contributed by atoms with van der Waals surface area (Å²) >= 11 is 0. The van der Waals surface area contributed by atoms with E-state index in [2.05, 4.69) is 21.3 Å². The molecule has 0 radical (unpaired) electrons. The molecule has 11 unspecified atom stereocenters. The molecule has 1 aliphatic rings. The molecular formula is C59H91N9O13. The molecule has 0 saturated carbocycles. The van der Waals surface area contributed by atoms with Crippen LogP contribution in [0.2, 0.25) is 0 Å². The lowest BCUT2D eigenvalue weighted by Crippen LogP contribution is -2.59. The number of hydrogen-bond donors (Lipinski definition) is 6. The van der Waals surface area contributed by atoms with E-state index in [1.165, 1.54) is 44.9 Å². The summed E-state index contributed by atoms with van der Waals surface area (Å²) in [6, 6.07) is 9.79. The van der Waals surface area contributed by atoms with Gasteiger partial charge in [0.15, 0.2) is 6.10 Å². The van der Waals surface area contributed by atoms with Gasteiger partial charge >= 0.3 is 11.9 Å². The van der Waals surface area contributed by atoms with Gasteiger partial charge in [-0.1, -0.05) is 109 Å². The van der Waals surface area contributed by atoms with Crippen molar-refractivity contribution >= 4 is 59.2 Å². The molecule has 81 heavy (non-hydrogen) atoms. The Morgan fingerprint density at radius 3 is 1.78 bits per heavy atom. The van der Waals surface area contributed by atoms with Crippen LogP contribution in [0.5, 0.6) is 0 Å². The average molecular weight is 1130 g/mol. The fraction of sp³-hybridized carbons (Fsp3) is 0.627. The standard InChI is InChI=1S/C59H91N9O13/c1-14-37(6)51(54(74)61-38(7)55(75)67(12)46(32-40-22-17-15-18-23-40)57(77)68-29-21-26-45(68)58(78)80-13)64-50(71)34-48(69)42(30-35(2)3)62-53(73)44(27-28-49(60)70)66(11)56(76)43(31-36(4)5)63-52(72)39(8)81-59(79)47(65(9)10)33-41-24-19-16-20-25-41/h15-20,22-25,35-39,42-48,51,69H,14,21,26-34H2,1-13H3,(H2,60,70)(H,61,74)(H,62,73)(H,63,72)(H,64,71). The topological polar surface area (TPSA) is 296 Å². The molecule has 3 rings (SSSR count). The fourth-order valence-electron chi connectivity index (χ4n) is 9.80. The Morgan fingerprint density at radius 2 is 1.26 bits per heavy atom. The Morgan fingerprint density at radius 1 is 0.704 bits per heavy atom. The SMILES string of the molecule is CCC(C)C(NC(=O)CC(O)C(CC(C)C)NC(=O)C(CCC(N)=O)N(C)C(=O)C(CC(C)C)NC(=O)C(C)OC(=O)C(Cc1ccccc1)N(C)C)C(=O)NC(C)C(=O)N(C)C(Cc1ccccc1)C(=O)N1CCCC1C(=O)OC. The van der Waals surface area contributed by atoms with Crippen LogP contribution in [0.15, 0.2) is 60.7 Å². The lowest BCUT2D eigenvalue weighted by Gasteiger charge is -2.34. The second kappa shape index (κ2) is 33.1. The number of nitrogens with one attached hydrogen (secondary N) is 4. The van der Waals surface area contributed by atoms with Gasteiger partial charge < -0.3 is 56.3 Å². The molecule has 2 aromatic rings. The lowest BCUT2D eigenvalue weighted by molar-refractivity contribution is -0.159. The molecule has 0 spiro atoms. The number of rotatable bonds is 32. The largest absolute Gasteiger partial charge is 0.467 e. The monoisotopic (exact) mass is 1130 g/mol. The Hall–Kier alpha value is -6.94. The van der Waals surface area contributed by atoms with Crippen LogP contribution in [-0.2, 0) is 70.3 Å². The van der Waals surface area contributed by atoms with Crippen molar-refractivity contribution in [3.05, 3.63) is 71.8 Å². The molecule has 1 fully saturated rings. The maximum Gasteiger partial charge on any atom is 0.328 e. The smallest absolute Gasteiger partial charge is 0.328 e. The highest BCUT2D eigenvalue weighted by Crippen LogP contribution is 2.24. The van der Waals surface area contributed by atoms with Gasteiger partial charge in [-0.2, -0.15) is 0 Å². The van der Waals surface area contributed by atoms with Crippen molar-refractivity contribution in [3.63, 3.8) is 0 Å². The summed E-state index contributed by atoms with van der Waals surface area (Å²) in [7, 11) is 7.49. The van der Waals surface area contributed by atoms with E-state index in [0.717, 1.165) is 16.0 Å². The van der Waals surface area contributed by atoms with E-state index in [1.54, 1.807) is 38.1 Å². The zero-order chi connectivity index (χ0) is 60.8. The number of amides is 8. The van der Waals surface area contributed by atoms with Crippen LogP contribution in [0.3, 0.4) is 0 Å². The van der Waals surface area contributed by atoms with Gasteiger partial charge in [0.1, 0.15) is 42.3 Å². The molecule has 22 heteroatoms. The number of methoxy groups -OCH3 is 1. The maximum absolute atomic E-state index is 14.4. The Balaban J connectivity index is 1.79. The van der Waals surface area contributed by atoms with E-state index < -0.39 is 132 Å². The number of benzene rings is 2. The number of aliphatic hydroxyl groups is 1. The van der Waals surface area contributed by atoms with Crippen molar-refractivity contribution in [1.29, 1.82) is 0 Å². The molecule has 22 nitrogen and oxygen atoms in total. The molecule has 11 atom stereocenters. The van der Waals surface area contributed by atoms with E-state index in [4.69, 9.17) is 15.2 Å². The summed E-state index contributed by atoms with van der Waals surface area (Å²) in [5.41, 5.74) is 7.18. The van der Waals surface area contributed by atoms with Gasteiger partial charge in [-0.3, -0.25) is 48.1 Å². The van der Waals surface area contributed by atoms with E-state index >= 15 is 0 Å². The number of likely N-dealkylation sites (N-methyl/N-ethyl adjacent to an activating group) is 3. The van der Waals surface area contributed by atoms with Gasteiger partial charge in [-0.15, -0.1) is 0 Å². The first-order chi connectivity index (χ1) is 38.1. The second-order valence-electron chi connectivity index (χ2n) is 22.5. The van der Waals surface area contributed by atoms with Crippen molar-refractivity contribution in [2.24, 2.45) is 23.5 Å². The number of carbonyl (C=O) groups excluding carboxylic acids is 10. The van der Waals surface area contributed by atoms with Crippen LogP contribution in [0.4, 0.5) is 0 Å². The molecular weight excluding hydrogens is 1040 g/mol. The number of hydrogen-bond acceptors (Lipinski definition) is 14. The minimum atomic E-state index is -1.53. The van der Waals surface area contributed by atoms with Gasteiger partial charge in [0.05, 0.1) is 25.7 Å². The number of esters is 2. The average Bonchev–Trinajstić information content (AvgIpc) is 3.95. The molecule has 450 valence electrons. The highest BCUT2D eigenvalue weighted by molar-refractivity contribution is 5.96. The summed E-state index contributed by atoms with van der Waals surface area (Å²) in [5, 5.41) is 22.6. The van der Waals surface area contributed by atoms with Crippen LogP contribution in [0, 0.1) is 17.8 Å². The molecule has 0 aliphatic carbocycles. The highest BCUT2D eigenvalue weighted by Gasteiger charge is 2.42. The predicted octanol–water partition coefficient (Wildman–Crippen LogP) is 2.27. The third-order valence-corrected chi connectivity index (χ3v) is 14.8. The van der Waals surface area contributed by atoms with Gasteiger partial charge in [-0.05, 0) is 95.3 Å². The normalized spacial score (nSPS) is 17.0. The van der Waals surface area contributed by atoms with E-state index in [9.17, 15) is 53.1 Å². The molecule has 1 aliphatic heterocycles. The zero-order valence-electron chi connectivity index (χ0n) is 49.8. The number of aliphatic hydroxyl groups excluding tert-OH is 1. The molecule has 7 N–H and O–H groups in total. The molecule has 1 heterocycles. The van der Waals surface area contributed by atoms with Crippen LogP contribution >= 0.6 is 0 Å². The van der Waals surface area contributed by atoms with Crippen LogP contribution < -0.4 is 27.0 Å². The van der Waals surface area contributed by atoms with E-state index in [1.807, 2.05) is 83.1 Å². The summed E-state index contributed by atoms with van der Waals surface area (Å²) in [4.78, 5) is 142. The fourth-order valence-corrected chi connectivity index (χ4v) is 9.80. The molecule has 8 amide bonds. The Labute approximate surface area is 478 Å². The summed E-state index contributed by atoms with van der Waals surface area (Å²) < 4.78 is 10.6. The molecule has 0 aromatic heterocycles. The molecule has 2 aromatic carbocycles. The number of ether oxygens (including phenoxy) is 2. The zero-order valence-corrected chi connectivity index (χ0v) is 49.8. The Bertz CT molecular complexity index is 2430. The van der Waals surface area contributed by atoms with Crippen LogP contribution in [-0.4, -0.2) is 186 Å². The van der Waals surface area contributed by atoms with Crippen molar-refractivity contribution in [2.75, 3.05) is 41.8 Å². The Kier molecular flexibility index (Phi) is 27.9. The predicted molar refractivity (Wildman–Crippen MR) is 304 cm³/mol. The minimum absolute atomic E-state index is 0.120.